The zero-order chi connectivity index (χ0) is 16.1. The number of thiazole rings is 1. The Kier molecular flexibility index (Phi) is 4.54. The van der Waals surface area contributed by atoms with Crippen LogP contribution >= 0.6 is 11.3 Å². The van der Waals surface area contributed by atoms with Crippen molar-refractivity contribution in [3.63, 3.8) is 0 Å². The molecule has 2 heterocycles. The molecular weight excluding hydrogens is 310 g/mol. The van der Waals surface area contributed by atoms with Crippen molar-refractivity contribution in [1.82, 2.24) is 9.55 Å². The van der Waals surface area contributed by atoms with Crippen LogP contribution in [-0.2, 0) is 6.54 Å². The average molecular weight is 323 g/mol. The Balaban J connectivity index is 1.84. The molecule has 3 aromatic rings. The van der Waals surface area contributed by atoms with Crippen LogP contribution in [0, 0.1) is 0 Å². The topological polar surface area (TPSA) is 64.3 Å². The van der Waals surface area contributed by atoms with Crippen molar-refractivity contribution in [1.29, 1.82) is 0 Å². The maximum Gasteiger partial charge on any atom is 0.281 e. The van der Waals surface area contributed by atoms with Gasteiger partial charge in [-0.15, -0.1) is 11.3 Å². The number of rotatable bonds is 4. The van der Waals surface area contributed by atoms with Gasteiger partial charge in [0.1, 0.15) is 0 Å². The summed E-state index contributed by atoms with van der Waals surface area (Å²) in [4.78, 5) is 32.9. The molecule has 0 N–H and O–H groups in total. The van der Waals surface area contributed by atoms with Gasteiger partial charge in [0.25, 0.3) is 5.91 Å². The van der Waals surface area contributed by atoms with Gasteiger partial charge in [0.2, 0.25) is 0 Å². The molecule has 0 unspecified atom stereocenters. The van der Waals surface area contributed by atoms with E-state index in [9.17, 15) is 9.59 Å². The van der Waals surface area contributed by atoms with E-state index in [1.54, 1.807) is 46.6 Å². The maximum absolute atomic E-state index is 12.3. The second-order valence-electron chi connectivity index (χ2n) is 4.76. The van der Waals surface area contributed by atoms with Crippen molar-refractivity contribution in [3.05, 3.63) is 82.4 Å². The highest BCUT2D eigenvalue weighted by atomic mass is 32.1. The lowest BCUT2D eigenvalue weighted by molar-refractivity contribution is 0.0963. The van der Waals surface area contributed by atoms with Crippen molar-refractivity contribution in [3.8, 4) is 0 Å². The number of benzene rings is 1. The fourth-order valence-electron chi connectivity index (χ4n) is 2.02. The van der Waals surface area contributed by atoms with E-state index < -0.39 is 0 Å². The van der Waals surface area contributed by atoms with E-state index in [0.29, 0.717) is 15.9 Å². The van der Waals surface area contributed by atoms with Crippen molar-refractivity contribution in [2.24, 2.45) is 4.99 Å². The Morgan fingerprint density at radius 3 is 2.61 bits per heavy atom. The summed E-state index contributed by atoms with van der Waals surface area (Å²) in [5.41, 5.74) is 1.05. The van der Waals surface area contributed by atoms with E-state index in [0.717, 1.165) is 0 Å². The van der Waals surface area contributed by atoms with E-state index in [1.807, 2.05) is 18.2 Å². The summed E-state index contributed by atoms with van der Waals surface area (Å²) in [6.07, 6.45) is 4.82. The number of carbonyl (C=O) groups is 2. The molecule has 0 aliphatic rings. The van der Waals surface area contributed by atoms with Gasteiger partial charge in [-0.3, -0.25) is 14.6 Å². The number of aromatic nitrogens is 2. The number of carbonyl (C=O) groups excluding carboxylic acids is 2. The summed E-state index contributed by atoms with van der Waals surface area (Å²) in [6.45, 7) is 0.146. The summed E-state index contributed by atoms with van der Waals surface area (Å²) < 4.78 is 1.67. The maximum atomic E-state index is 12.3. The lowest BCUT2D eigenvalue weighted by atomic mass is 10.1. The predicted molar refractivity (Wildman–Crippen MR) is 87.2 cm³/mol. The largest absolute Gasteiger partial charge is 0.316 e. The molecule has 1 amide bonds. The Hall–Kier alpha value is -2.86. The van der Waals surface area contributed by atoms with Crippen LogP contribution in [0.1, 0.15) is 20.7 Å². The van der Waals surface area contributed by atoms with Crippen LogP contribution in [0.2, 0.25) is 0 Å². The highest BCUT2D eigenvalue weighted by Gasteiger charge is 2.09. The summed E-state index contributed by atoms with van der Waals surface area (Å²) in [6, 6.07) is 12.4. The number of nitrogens with zero attached hydrogens (tertiary/aromatic N) is 3. The Bertz CT molecular complexity index is 883. The third-order valence-electron chi connectivity index (χ3n) is 3.18. The van der Waals surface area contributed by atoms with Crippen LogP contribution in [0.5, 0.6) is 0 Å². The molecule has 0 saturated carbocycles. The molecule has 0 saturated heterocycles. The number of Topliss-reactive ketones (excluding diaryl/α,β-unsaturated/α-hetero) is 1. The summed E-state index contributed by atoms with van der Waals surface area (Å²) >= 11 is 1.31. The fourth-order valence-corrected chi connectivity index (χ4v) is 2.74. The molecule has 0 radical (unpaired) electrons. The zero-order valence-corrected chi connectivity index (χ0v) is 12.9. The number of pyridine rings is 1. The molecule has 6 heteroatoms. The van der Waals surface area contributed by atoms with E-state index in [4.69, 9.17) is 0 Å². The van der Waals surface area contributed by atoms with Crippen molar-refractivity contribution < 1.29 is 9.59 Å². The van der Waals surface area contributed by atoms with Gasteiger partial charge >= 0.3 is 0 Å². The van der Waals surface area contributed by atoms with Gasteiger partial charge in [0, 0.05) is 29.5 Å². The summed E-state index contributed by atoms with van der Waals surface area (Å²) in [5, 5.41) is 1.80. The quantitative estimate of drug-likeness (QED) is 0.693. The molecule has 23 heavy (non-hydrogen) atoms. The second kappa shape index (κ2) is 6.93. The van der Waals surface area contributed by atoms with E-state index in [1.165, 1.54) is 17.5 Å². The van der Waals surface area contributed by atoms with Crippen LogP contribution in [0.25, 0.3) is 0 Å². The first-order valence-electron chi connectivity index (χ1n) is 6.95. The first kappa shape index (κ1) is 15.1. The highest BCUT2D eigenvalue weighted by molar-refractivity contribution is 7.07. The monoisotopic (exact) mass is 323 g/mol. The van der Waals surface area contributed by atoms with E-state index in [-0.39, 0.29) is 18.2 Å². The van der Waals surface area contributed by atoms with Crippen molar-refractivity contribution >= 4 is 23.0 Å². The standard InChI is InChI=1S/C17H13N3O2S/c21-15(13-5-2-1-3-6-13)12-20-9-10-23-17(20)19-16(22)14-7-4-8-18-11-14/h1-11H,12H2. The molecule has 0 fully saturated rings. The van der Waals surface area contributed by atoms with Crippen molar-refractivity contribution in [2.45, 2.75) is 6.54 Å². The lowest BCUT2D eigenvalue weighted by Crippen LogP contribution is -2.21. The molecule has 1 aromatic carbocycles. The minimum absolute atomic E-state index is 0.0284. The number of hydrogen-bond acceptors (Lipinski definition) is 4. The van der Waals surface area contributed by atoms with Crippen LogP contribution in [0.15, 0.2) is 71.4 Å². The minimum Gasteiger partial charge on any atom is -0.316 e. The predicted octanol–water partition coefficient (Wildman–Crippen LogP) is 2.57. The Morgan fingerprint density at radius 1 is 1.09 bits per heavy atom. The summed E-state index contributed by atoms with van der Waals surface area (Å²) in [5.74, 6) is -0.402. The van der Waals surface area contributed by atoms with Gasteiger partial charge in [0.15, 0.2) is 10.6 Å². The van der Waals surface area contributed by atoms with Gasteiger partial charge < -0.3 is 4.57 Å². The molecule has 0 bridgehead atoms. The van der Waals surface area contributed by atoms with Crippen LogP contribution < -0.4 is 4.80 Å². The normalized spacial score (nSPS) is 11.4. The Morgan fingerprint density at radius 2 is 1.87 bits per heavy atom. The van der Waals surface area contributed by atoms with E-state index in [2.05, 4.69) is 9.98 Å². The fraction of sp³-hybridized carbons (Fsp3) is 0.0588. The minimum atomic E-state index is -0.374. The molecule has 3 rings (SSSR count). The molecular formula is C17H13N3O2S. The second-order valence-corrected chi connectivity index (χ2v) is 5.63. The molecule has 114 valence electrons. The van der Waals surface area contributed by atoms with Gasteiger partial charge in [0.05, 0.1) is 12.1 Å². The number of amides is 1. The molecule has 0 atom stereocenters. The molecule has 0 aliphatic carbocycles. The lowest BCUT2D eigenvalue weighted by Gasteiger charge is -2.02. The first-order chi connectivity index (χ1) is 11.2. The smallest absolute Gasteiger partial charge is 0.281 e. The van der Waals surface area contributed by atoms with Gasteiger partial charge in [-0.2, -0.15) is 4.99 Å². The Labute approximate surface area is 136 Å². The van der Waals surface area contributed by atoms with E-state index >= 15 is 0 Å². The summed E-state index contributed by atoms with van der Waals surface area (Å²) in [7, 11) is 0. The average Bonchev–Trinajstić information content (AvgIpc) is 3.03. The molecule has 0 aliphatic heterocycles. The SMILES string of the molecule is O=C(Cn1ccsc1=NC(=O)c1cccnc1)c1ccccc1. The third kappa shape index (κ3) is 3.67. The zero-order valence-electron chi connectivity index (χ0n) is 12.1. The van der Waals surface area contributed by atoms with Crippen LogP contribution in [-0.4, -0.2) is 21.2 Å². The van der Waals surface area contributed by atoms with Crippen molar-refractivity contribution in [2.75, 3.05) is 0 Å². The van der Waals surface area contributed by atoms with Gasteiger partial charge in [-0.05, 0) is 12.1 Å². The number of hydrogen-bond donors (Lipinski definition) is 0. The van der Waals surface area contributed by atoms with Crippen LogP contribution in [0.4, 0.5) is 0 Å². The molecule has 5 nitrogen and oxygen atoms in total. The highest BCUT2D eigenvalue weighted by Crippen LogP contribution is 2.03. The number of ketones is 1. The van der Waals surface area contributed by atoms with Gasteiger partial charge in [-0.25, -0.2) is 0 Å². The molecule has 0 spiro atoms. The molecule has 2 aromatic heterocycles. The van der Waals surface area contributed by atoms with Gasteiger partial charge in [-0.1, -0.05) is 30.3 Å². The van der Waals surface area contributed by atoms with Crippen LogP contribution in [0.3, 0.4) is 0 Å². The third-order valence-corrected chi connectivity index (χ3v) is 3.97. The first-order valence-corrected chi connectivity index (χ1v) is 7.83.